The van der Waals surface area contributed by atoms with Crippen molar-refractivity contribution in [3.63, 3.8) is 0 Å². The molecule has 3 rings (SSSR count). The van der Waals surface area contributed by atoms with Crippen LogP contribution in [0.15, 0.2) is 32.6 Å². The molecule has 1 aromatic carbocycles. The van der Waals surface area contributed by atoms with E-state index in [1.54, 1.807) is 18.2 Å². The zero-order chi connectivity index (χ0) is 20.6. The Morgan fingerprint density at radius 3 is 2.29 bits per heavy atom. The van der Waals surface area contributed by atoms with Crippen LogP contribution in [-0.4, -0.2) is 25.0 Å². The lowest BCUT2D eigenvalue weighted by atomic mass is 10.0. The highest BCUT2D eigenvalue weighted by atomic mass is 16.5. The SMILES string of the molecule is Cc1cc(-c2nn(C)c(=O)[nH]c2=O)cc(C)c1Oc1cc(C(C)C)c(=O)[nH]n1. The molecule has 2 heterocycles. The zero-order valence-corrected chi connectivity index (χ0v) is 16.3. The summed E-state index contributed by atoms with van der Waals surface area (Å²) in [4.78, 5) is 37.7. The Morgan fingerprint density at radius 1 is 1.04 bits per heavy atom. The summed E-state index contributed by atoms with van der Waals surface area (Å²) in [5, 5.41) is 10.4. The first-order valence-corrected chi connectivity index (χ1v) is 8.74. The molecule has 0 aliphatic heterocycles. The summed E-state index contributed by atoms with van der Waals surface area (Å²) in [5.41, 5.74) is 1.42. The quantitative estimate of drug-likeness (QED) is 0.708. The summed E-state index contributed by atoms with van der Waals surface area (Å²) < 4.78 is 6.98. The van der Waals surface area contributed by atoms with E-state index in [4.69, 9.17) is 4.74 Å². The van der Waals surface area contributed by atoms with Gasteiger partial charge in [-0.15, -0.1) is 5.10 Å². The number of aryl methyl sites for hydroxylation is 3. The first-order chi connectivity index (χ1) is 13.2. The minimum absolute atomic E-state index is 0.0289. The molecule has 28 heavy (non-hydrogen) atoms. The number of nitrogens with one attached hydrogen (secondary N) is 2. The molecule has 2 N–H and O–H groups in total. The van der Waals surface area contributed by atoms with E-state index in [-0.39, 0.29) is 23.1 Å². The number of ether oxygens (including phenoxy) is 1. The minimum atomic E-state index is -0.577. The van der Waals surface area contributed by atoms with Crippen LogP contribution in [0.25, 0.3) is 11.3 Å². The summed E-state index contributed by atoms with van der Waals surface area (Å²) in [6.45, 7) is 7.49. The lowest BCUT2D eigenvalue weighted by molar-refractivity contribution is 0.446. The van der Waals surface area contributed by atoms with Crippen LogP contribution in [0.5, 0.6) is 11.6 Å². The average Bonchev–Trinajstić information content (AvgIpc) is 2.62. The van der Waals surface area contributed by atoms with Gasteiger partial charge in [-0.05, 0) is 43.0 Å². The van der Waals surface area contributed by atoms with Gasteiger partial charge in [0.25, 0.3) is 11.1 Å². The molecule has 0 saturated heterocycles. The standard InChI is InChI=1S/C19H21N5O4/c1-9(2)13-8-14(21-22-17(13)25)28-16-10(3)6-12(7-11(16)4)15-18(26)20-19(27)24(5)23-15/h6-9H,1-5H3,(H,22,25)(H,20,26,27). The first-order valence-electron chi connectivity index (χ1n) is 8.74. The number of aromatic amines is 2. The van der Waals surface area contributed by atoms with Gasteiger partial charge in [-0.25, -0.2) is 14.6 Å². The highest BCUT2D eigenvalue weighted by Crippen LogP contribution is 2.31. The highest BCUT2D eigenvalue weighted by molar-refractivity contribution is 5.63. The number of nitrogens with zero attached hydrogens (tertiary/aromatic N) is 3. The van der Waals surface area contributed by atoms with Crippen molar-refractivity contribution >= 4 is 0 Å². The molecular weight excluding hydrogens is 362 g/mol. The van der Waals surface area contributed by atoms with Gasteiger partial charge in [0, 0.05) is 24.2 Å². The Bertz CT molecular complexity index is 1200. The van der Waals surface area contributed by atoms with Gasteiger partial charge in [0.05, 0.1) is 0 Å². The second-order valence-corrected chi connectivity index (χ2v) is 6.92. The Balaban J connectivity index is 2.03. The highest BCUT2D eigenvalue weighted by Gasteiger charge is 2.15. The molecule has 146 valence electrons. The van der Waals surface area contributed by atoms with Crippen LogP contribution in [0.4, 0.5) is 0 Å². The number of H-pyrrole nitrogens is 2. The maximum Gasteiger partial charge on any atom is 0.344 e. The van der Waals surface area contributed by atoms with Gasteiger partial charge in [-0.1, -0.05) is 13.8 Å². The fourth-order valence-corrected chi connectivity index (χ4v) is 2.90. The molecule has 0 saturated carbocycles. The van der Waals surface area contributed by atoms with E-state index < -0.39 is 11.2 Å². The van der Waals surface area contributed by atoms with Crippen molar-refractivity contribution in [1.82, 2.24) is 25.0 Å². The van der Waals surface area contributed by atoms with Crippen molar-refractivity contribution in [1.29, 1.82) is 0 Å². The van der Waals surface area contributed by atoms with E-state index >= 15 is 0 Å². The van der Waals surface area contributed by atoms with Gasteiger partial charge in [-0.3, -0.25) is 14.6 Å². The largest absolute Gasteiger partial charge is 0.437 e. The van der Waals surface area contributed by atoms with Crippen molar-refractivity contribution in [2.45, 2.75) is 33.6 Å². The molecule has 9 heteroatoms. The van der Waals surface area contributed by atoms with E-state index in [0.717, 1.165) is 15.8 Å². The fraction of sp³-hybridized carbons (Fsp3) is 0.316. The Kier molecular flexibility index (Phi) is 5.00. The Morgan fingerprint density at radius 2 is 1.68 bits per heavy atom. The predicted octanol–water partition coefficient (Wildman–Crippen LogP) is 1.75. The molecule has 0 fully saturated rings. The molecule has 0 atom stereocenters. The summed E-state index contributed by atoms with van der Waals surface area (Å²) in [7, 11) is 1.47. The average molecular weight is 383 g/mol. The maximum absolute atomic E-state index is 12.1. The minimum Gasteiger partial charge on any atom is -0.437 e. The van der Waals surface area contributed by atoms with Crippen molar-refractivity contribution in [2.75, 3.05) is 0 Å². The van der Waals surface area contributed by atoms with E-state index in [2.05, 4.69) is 20.3 Å². The van der Waals surface area contributed by atoms with Crippen LogP contribution in [-0.2, 0) is 7.05 Å². The summed E-state index contributed by atoms with van der Waals surface area (Å²) >= 11 is 0. The molecule has 0 unspecified atom stereocenters. The first kappa shape index (κ1) is 19.3. The maximum atomic E-state index is 12.1. The second kappa shape index (κ2) is 7.26. The number of hydrogen-bond donors (Lipinski definition) is 2. The summed E-state index contributed by atoms with van der Waals surface area (Å²) in [6, 6.07) is 5.12. The summed E-state index contributed by atoms with van der Waals surface area (Å²) in [5.74, 6) is 0.876. The smallest absolute Gasteiger partial charge is 0.344 e. The van der Waals surface area contributed by atoms with E-state index in [1.165, 1.54) is 7.05 Å². The van der Waals surface area contributed by atoms with Crippen molar-refractivity contribution < 1.29 is 4.74 Å². The third-order valence-corrected chi connectivity index (χ3v) is 4.35. The Hall–Kier alpha value is -3.49. The van der Waals surface area contributed by atoms with Crippen LogP contribution >= 0.6 is 0 Å². The monoisotopic (exact) mass is 383 g/mol. The van der Waals surface area contributed by atoms with Gasteiger partial charge in [0.15, 0.2) is 5.69 Å². The zero-order valence-electron chi connectivity index (χ0n) is 16.3. The normalized spacial score (nSPS) is 11.1. The number of rotatable bonds is 4. The van der Waals surface area contributed by atoms with Crippen LogP contribution in [0, 0.1) is 13.8 Å². The van der Waals surface area contributed by atoms with Gasteiger partial charge in [0.1, 0.15) is 5.75 Å². The molecule has 2 aromatic heterocycles. The number of aromatic nitrogens is 5. The van der Waals surface area contributed by atoms with Gasteiger partial charge in [0.2, 0.25) is 5.88 Å². The number of hydrogen-bond acceptors (Lipinski definition) is 6. The van der Waals surface area contributed by atoms with E-state index in [1.807, 2.05) is 27.7 Å². The van der Waals surface area contributed by atoms with Crippen LogP contribution < -0.4 is 21.5 Å². The van der Waals surface area contributed by atoms with E-state index in [0.29, 0.717) is 16.9 Å². The lowest BCUT2D eigenvalue weighted by Crippen LogP contribution is -2.31. The van der Waals surface area contributed by atoms with Gasteiger partial charge < -0.3 is 4.74 Å². The van der Waals surface area contributed by atoms with Crippen molar-refractivity contribution in [3.05, 3.63) is 66.1 Å². The molecule has 3 aromatic rings. The molecule has 0 spiro atoms. The molecule has 0 bridgehead atoms. The second-order valence-electron chi connectivity index (χ2n) is 6.92. The van der Waals surface area contributed by atoms with Crippen molar-refractivity contribution in [3.8, 4) is 22.9 Å². The van der Waals surface area contributed by atoms with Gasteiger partial charge in [-0.2, -0.15) is 5.10 Å². The van der Waals surface area contributed by atoms with Crippen LogP contribution in [0.1, 0.15) is 36.5 Å². The van der Waals surface area contributed by atoms with Crippen LogP contribution in [0.3, 0.4) is 0 Å². The fourth-order valence-electron chi connectivity index (χ4n) is 2.90. The molecule has 0 radical (unpaired) electrons. The predicted molar refractivity (Wildman–Crippen MR) is 104 cm³/mol. The van der Waals surface area contributed by atoms with Gasteiger partial charge >= 0.3 is 5.69 Å². The van der Waals surface area contributed by atoms with Crippen LogP contribution in [0.2, 0.25) is 0 Å². The third-order valence-electron chi connectivity index (χ3n) is 4.35. The van der Waals surface area contributed by atoms with E-state index in [9.17, 15) is 14.4 Å². The number of benzene rings is 1. The summed E-state index contributed by atoms with van der Waals surface area (Å²) in [6.07, 6.45) is 0. The molecule has 0 amide bonds. The molecule has 0 aliphatic carbocycles. The lowest BCUT2D eigenvalue weighted by Gasteiger charge is -2.14. The molecule has 0 aliphatic rings. The molecular formula is C19H21N5O4. The Labute approximate surface area is 160 Å². The molecule has 9 nitrogen and oxygen atoms in total. The topological polar surface area (TPSA) is 123 Å². The van der Waals surface area contributed by atoms with Crippen molar-refractivity contribution in [2.24, 2.45) is 7.05 Å². The third kappa shape index (κ3) is 3.64.